The largest absolute Gasteiger partial charge is 0.467 e. The summed E-state index contributed by atoms with van der Waals surface area (Å²) in [6.07, 6.45) is 2.45. The molecule has 0 bridgehead atoms. The second kappa shape index (κ2) is 8.25. The predicted molar refractivity (Wildman–Crippen MR) is 81.9 cm³/mol. The molecule has 122 valence electrons. The average Bonchev–Trinajstić information content (AvgIpc) is 2.54. The molecule has 2 rings (SSSR count). The van der Waals surface area contributed by atoms with E-state index in [1.807, 2.05) is 6.07 Å². The Labute approximate surface area is 130 Å². The number of esters is 1. The summed E-state index contributed by atoms with van der Waals surface area (Å²) in [5, 5.41) is 9.85. The lowest BCUT2D eigenvalue weighted by molar-refractivity contribution is -0.154. The first-order chi connectivity index (χ1) is 10.6. The van der Waals surface area contributed by atoms with E-state index in [0.29, 0.717) is 0 Å². The highest BCUT2D eigenvalue weighted by Crippen LogP contribution is 2.21. The Bertz CT molecular complexity index is 487. The Morgan fingerprint density at radius 2 is 2.18 bits per heavy atom. The summed E-state index contributed by atoms with van der Waals surface area (Å²) in [7, 11) is 1.30. The van der Waals surface area contributed by atoms with Crippen molar-refractivity contribution in [3.05, 3.63) is 35.6 Å². The highest BCUT2D eigenvalue weighted by atomic mass is 19.1. The number of benzene rings is 1. The number of carbonyl (C=O) groups is 1. The molecule has 0 amide bonds. The molecule has 0 aliphatic carbocycles. The summed E-state index contributed by atoms with van der Waals surface area (Å²) >= 11 is 0. The van der Waals surface area contributed by atoms with E-state index in [1.165, 1.54) is 13.2 Å². The molecule has 1 fully saturated rings. The van der Waals surface area contributed by atoms with Crippen LogP contribution in [0.1, 0.15) is 24.8 Å². The van der Waals surface area contributed by atoms with Crippen LogP contribution in [0, 0.1) is 11.7 Å². The van der Waals surface area contributed by atoms with Crippen LogP contribution < -0.4 is 0 Å². The van der Waals surface area contributed by atoms with Crippen molar-refractivity contribution in [3.63, 3.8) is 0 Å². The first kappa shape index (κ1) is 16.9. The number of rotatable bonds is 6. The van der Waals surface area contributed by atoms with E-state index < -0.39 is 12.1 Å². The molecule has 1 aromatic carbocycles. The molecule has 1 aliphatic heterocycles. The molecule has 1 heterocycles. The fourth-order valence-corrected chi connectivity index (χ4v) is 3.00. The first-order valence-corrected chi connectivity index (χ1v) is 7.83. The van der Waals surface area contributed by atoms with Crippen LogP contribution in [-0.4, -0.2) is 48.8 Å². The summed E-state index contributed by atoms with van der Waals surface area (Å²) in [5.41, 5.74) is 1.02. The zero-order valence-corrected chi connectivity index (χ0v) is 13.0. The fourth-order valence-electron chi connectivity index (χ4n) is 3.00. The Balaban J connectivity index is 1.68. The number of likely N-dealkylation sites (tertiary alicyclic amines) is 1. The molecule has 1 saturated heterocycles. The zero-order chi connectivity index (χ0) is 15.9. The van der Waals surface area contributed by atoms with Gasteiger partial charge >= 0.3 is 5.97 Å². The molecule has 0 aromatic heterocycles. The van der Waals surface area contributed by atoms with Gasteiger partial charge in [0.15, 0.2) is 6.10 Å². The third-order valence-corrected chi connectivity index (χ3v) is 4.35. The molecular weight excluding hydrogens is 285 g/mol. The molecule has 5 heteroatoms. The monoisotopic (exact) mass is 309 g/mol. The molecule has 1 aromatic rings. The molecule has 0 spiro atoms. The van der Waals surface area contributed by atoms with Gasteiger partial charge in [0.25, 0.3) is 0 Å². The van der Waals surface area contributed by atoms with Crippen molar-refractivity contribution >= 4 is 5.97 Å². The minimum Gasteiger partial charge on any atom is -0.467 e. The zero-order valence-electron chi connectivity index (χ0n) is 13.0. The third-order valence-electron chi connectivity index (χ3n) is 4.35. The maximum Gasteiger partial charge on any atom is 0.334 e. The third kappa shape index (κ3) is 4.78. The van der Waals surface area contributed by atoms with Crippen LogP contribution in [0.15, 0.2) is 24.3 Å². The topological polar surface area (TPSA) is 49.8 Å². The number of halogens is 1. The molecule has 22 heavy (non-hydrogen) atoms. The van der Waals surface area contributed by atoms with Crippen molar-refractivity contribution in [2.75, 3.05) is 26.7 Å². The number of hydrogen-bond acceptors (Lipinski definition) is 4. The average molecular weight is 309 g/mol. The highest BCUT2D eigenvalue weighted by molar-refractivity contribution is 5.74. The van der Waals surface area contributed by atoms with Gasteiger partial charge in [-0.1, -0.05) is 12.1 Å². The van der Waals surface area contributed by atoms with Gasteiger partial charge in [0.1, 0.15) is 5.82 Å². The van der Waals surface area contributed by atoms with Crippen LogP contribution in [0.25, 0.3) is 0 Å². The van der Waals surface area contributed by atoms with Gasteiger partial charge in [0.05, 0.1) is 7.11 Å². The highest BCUT2D eigenvalue weighted by Gasteiger charge is 2.30. The summed E-state index contributed by atoms with van der Waals surface area (Å²) in [6, 6.07) is 6.73. The Kier molecular flexibility index (Phi) is 6.34. The number of aryl methyl sites for hydroxylation is 1. The van der Waals surface area contributed by atoms with Gasteiger partial charge < -0.3 is 14.7 Å². The van der Waals surface area contributed by atoms with Gasteiger partial charge in [0.2, 0.25) is 0 Å². The second-order valence-electron chi connectivity index (χ2n) is 5.88. The maximum atomic E-state index is 13.1. The maximum absolute atomic E-state index is 13.1. The van der Waals surface area contributed by atoms with Crippen molar-refractivity contribution < 1.29 is 19.0 Å². The summed E-state index contributed by atoms with van der Waals surface area (Å²) in [5.74, 6) is -0.730. The van der Waals surface area contributed by atoms with E-state index in [9.17, 15) is 14.3 Å². The van der Waals surface area contributed by atoms with Gasteiger partial charge in [-0.3, -0.25) is 0 Å². The number of ether oxygens (including phenoxy) is 1. The van der Waals surface area contributed by atoms with E-state index in [-0.39, 0.29) is 11.7 Å². The fraction of sp³-hybridized carbons (Fsp3) is 0.588. The van der Waals surface area contributed by atoms with Gasteiger partial charge in [-0.25, -0.2) is 9.18 Å². The minimum atomic E-state index is -1.00. The quantitative estimate of drug-likeness (QED) is 0.817. The van der Waals surface area contributed by atoms with Crippen molar-refractivity contribution in [1.29, 1.82) is 0 Å². The lowest BCUT2D eigenvalue weighted by atomic mass is 9.91. The summed E-state index contributed by atoms with van der Waals surface area (Å²) < 4.78 is 17.7. The van der Waals surface area contributed by atoms with Crippen molar-refractivity contribution in [1.82, 2.24) is 4.90 Å². The molecule has 4 nitrogen and oxygen atoms in total. The van der Waals surface area contributed by atoms with Gasteiger partial charge in [-0.2, -0.15) is 0 Å². The van der Waals surface area contributed by atoms with E-state index in [1.54, 1.807) is 12.1 Å². The van der Waals surface area contributed by atoms with E-state index in [4.69, 9.17) is 0 Å². The van der Waals surface area contributed by atoms with Crippen molar-refractivity contribution in [2.45, 2.75) is 31.8 Å². The van der Waals surface area contributed by atoms with E-state index in [0.717, 1.165) is 50.9 Å². The van der Waals surface area contributed by atoms with Gasteiger partial charge in [-0.15, -0.1) is 0 Å². The van der Waals surface area contributed by atoms with Crippen LogP contribution in [-0.2, 0) is 16.0 Å². The van der Waals surface area contributed by atoms with Crippen LogP contribution in [0.5, 0.6) is 0 Å². The number of methoxy groups -OCH3 is 1. The molecule has 0 radical (unpaired) electrons. The van der Waals surface area contributed by atoms with Crippen molar-refractivity contribution in [3.8, 4) is 0 Å². The Morgan fingerprint density at radius 1 is 1.45 bits per heavy atom. The first-order valence-electron chi connectivity index (χ1n) is 7.83. The lowest BCUT2D eigenvalue weighted by Gasteiger charge is -2.33. The summed E-state index contributed by atoms with van der Waals surface area (Å²) in [4.78, 5) is 13.7. The molecule has 1 unspecified atom stereocenters. The normalized spacial score (nSPS) is 18.1. The number of hydrogen-bond donors (Lipinski definition) is 1. The van der Waals surface area contributed by atoms with Crippen LogP contribution >= 0.6 is 0 Å². The number of nitrogens with zero attached hydrogens (tertiary/aromatic N) is 1. The lowest BCUT2D eigenvalue weighted by Crippen LogP contribution is -2.41. The molecule has 1 atom stereocenters. The Morgan fingerprint density at radius 3 is 2.82 bits per heavy atom. The molecule has 0 saturated carbocycles. The van der Waals surface area contributed by atoms with E-state index in [2.05, 4.69) is 9.64 Å². The smallest absolute Gasteiger partial charge is 0.334 e. The number of aliphatic hydroxyl groups is 1. The van der Waals surface area contributed by atoms with Crippen LogP contribution in [0.3, 0.4) is 0 Å². The number of piperidine rings is 1. The van der Waals surface area contributed by atoms with E-state index >= 15 is 0 Å². The SMILES string of the molecule is COC(=O)C(O)C1CCN(CCCc2cccc(F)c2)CC1. The van der Waals surface area contributed by atoms with Crippen LogP contribution in [0.4, 0.5) is 4.39 Å². The summed E-state index contributed by atoms with van der Waals surface area (Å²) in [6.45, 7) is 2.71. The van der Waals surface area contributed by atoms with Gasteiger partial charge in [0, 0.05) is 0 Å². The standard InChI is InChI=1S/C17H24FNO3/c1-22-17(21)16(20)14-7-10-19(11-8-14)9-3-5-13-4-2-6-15(18)12-13/h2,4,6,12,14,16,20H,3,5,7-11H2,1H3. The van der Waals surface area contributed by atoms with Gasteiger partial charge in [-0.05, 0) is 68.9 Å². The number of carbonyl (C=O) groups excluding carboxylic acids is 1. The molecular formula is C17H24FNO3. The number of aliphatic hydroxyl groups excluding tert-OH is 1. The Hall–Kier alpha value is -1.46. The van der Waals surface area contributed by atoms with Crippen molar-refractivity contribution in [2.24, 2.45) is 5.92 Å². The predicted octanol–water partition coefficient (Wildman–Crippen LogP) is 2.00. The minimum absolute atomic E-state index is 0.00748. The molecule has 1 aliphatic rings. The van der Waals surface area contributed by atoms with Crippen LogP contribution in [0.2, 0.25) is 0 Å². The molecule has 1 N–H and O–H groups in total. The second-order valence-corrected chi connectivity index (χ2v) is 5.88.